The summed E-state index contributed by atoms with van der Waals surface area (Å²) in [5.41, 5.74) is 2.11. The second-order valence-electron chi connectivity index (χ2n) is 4.61. The number of furan rings is 1. The molecule has 0 saturated heterocycles. The summed E-state index contributed by atoms with van der Waals surface area (Å²) in [4.78, 5) is 0. The molecule has 2 aromatic heterocycles. The van der Waals surface area contributed by atoms with E-state index in [1.807, 2.05) is 25.2 Å². The number of benzene rings is 1. The smallest absolute Gasteiger partial charge is 0.183 e. The molecule has 1 aromatic carbocycles. The number of rotatable bonds is 3. The van der Waals surface area contributed by atoms with Crippen LogP contribution in [0.4, 0.5) is 0 Å². The van der Waals surface area contributed by atoms with Crippen LogP contribution in [0.3, 0.4) is 0 Å². The lowest BCUT2D eigenvalue weighted by Gasteiger charge is -2.02. The summed E-state index contributed by atoms with van der Waals surface area (Å²) in [5.74, 6) is 0.785. The molecule has 0 aliphatic rings. The fourth-order valence-corrected chi connectivity index (χ4v) is 2.76. The maximum atomic E-state index is 5.82. The lowest BCUT2D eigenvalue weighted by Crippen LogP contribution is -2.11. The zero-order valence-electron chi connectivity index (χ0n) is 11.1. The van der Waals surface area contributed by atoms with Gasteiger partial charge >= 0.3 is 0 Å². The third-order valence-electron chi connectivity index (χ3n) is 3.13. The van der Waals surface area contributed by atoms with Gasteiger partial charge in [-0.1, -0.05) is 23.0 Å². The van der Waals surface area contributed by atoms with Crippen molar-refractivity contribution in [1.29, 1.82) is 0 Å². The number of hydrogen-bond acceptors (Lipinski definition) is 5. The summed E-state index contributed by atoms with van der Waals surface area (Å²) in [6.07, 6.45) is 0. The molecule has 98 valence electrons. The van der Waals surface area contributed by atoms with Gasteiger partial charge in [0.2, 0.25) is 0 Å². The van der Waals surface area contributed by atoms with Crippen LogP contribution in [0.25, 0.3) is 21.7 Å². The molecule has 19 heavy (non-hydrogen) atoms. The van der Waals surface area contributed by atoms with E-state index in [-0.39, 0.29) is 6.04 Å². The van der Waals surface area contributed by atoms with Gasteiger partial charge < -0.3 is 9.73 Å². The van der Waals surface area contributed by atoms with E-state index in [1.165, 1.54) is 5.56 Å². The Kier molecular flexibility index (Phi) is 3.08. The van der Waals surface area contributed by atoms with Gasteiger partial charge in [-0.15, -0.1) is 10.2 Å². The Morgan fingerprint density at radius 2 is 2.11 bits per heavy atom. The predicted octanol–water partition coefficient (Wildman–Crippen LogP) is 3.54. The van der Waals surface area contributed by atoms with Crippen LogP contribution in [0, 0.1) is 6.92 Å². The number of hydrogen-bond donors (Lipinski definition) is 1. The lowest BCUT2D eigenvalue weighted by atomic mass is 10.2. The van der Waals surface area contributed by atoms with E-state index in [0.29, 0.717) is 0 Å². The van der Waals surface area contributed by atoms with Crippen LogP contribution in [0.1, 0.15) is 23.5 Å². The van der Waals surface area contributed by atoms with Gasteiger partial charge in [0.25, 0.3) is 0 Å². The molecule has 3 aromatic rings. The average Bonchev–Trinajstić information content (AvgIpc) is 3.03. The Morgan fingerprint density at radius 1 is 1.26 bits per heavy atom. The van der Waals surface area contributed by atoms with E-state index in [2.05, 4.69) is 35.4 Å². The van der Waals surface area contributed by atoms with Crippen molar-refractivity contribution in [3.05, 3.63) is 34.8 Å². The first-order chi connectivity index (χ1) is 9.17. The van der Waals surface area contributed by atoms with Crippen LogP contribution in [-0.2, 0) is 0 Å². The molecule has 5 heteroatoms. The Hall–Kier alpha value is -1.72. The van der Waals surface area contributed by atoms with Crippen LogP contribution in [0.15, 0.2) is 28.7 Å². The molecule has 0 amide bonds. The van der Waals surface area contributed by atoms with E-state index < -0.39 is 0 Å². The van der Waals surface area contributed by atoms with E-state index in [4.69, 9.17) is 4.42 Å². The van der Waals surface area contributed by atoms with Crippen LogP contribution in [-0.4, -0.2) is 17.2 Å². The van der Waals surface area contributed by atoms with Crippen LogP contribution in [0.2, 0.25) is 0 Å². The first kappa shape index (κ1) is 12.3. The van der Waals surface area contributed by atoms with Crippen molar-refractivity contribution in [3.8, 4) is 10.8 Å². The second kappa shape index (κ2) is 4.75. The maximum absolute atomic E-state index is 5.82. The zero-order chi connectivity index (χ0) is 13.4. The molecule has 0 aliphatic heterocycles. The van der Waals surface area contributed by atoms with Crippen molar-refractivity contribution < 1.29 is 4.42 Å². The highest BCUT2D eigenvalue weighted by Gasteiger charge is 2.14. The summed E-state index contributed by atoms with van der Waals surface area (Å²) in [6.45, 7) is 4.13. The second-order valence-corrected chi connectivity index (χ2v) is 5.62. The Bertz CT molecular complexity index is 716. The highest BCUT2D eigenvalue weighted by Crippen LogP contribution is 2.31. The molecule has 4 nitrogen and oxygen atoms in total. The minimum atomic E-state index is 0.206. The largest absolute Gasteiger partial charge is 0.453 e. The summed E-state index contributed by atoms with van der Waals surface area (Å²) in [6, 6.07) is 8.38. The lowest BCUT2D eigenvalue weighted by molar-refractivity contribution is 0.627. The fourth-order valence-electron chi connectivity index (χ4n) is 1.90. The quantitative estimate of drug-likeness (QED) is 0.793. The molecule has 1 atom stereocenters. The van der Waals surface area contributed by atoms with Crippen molar-refractivity contribution in [2.24, 2.45) is 0 Å². The number of aryl methyl sites for hydroxylation is 1. The van der Waals surface area contributed by atoms with Crippen molar-refractivity contribution in [2.45, 2.75) is 19.9 Å². The van der Waals surface area contributed by atoms with Gasteiger partial charge in [-0.05, 0) is 39.1 Å². The van der Waals surface area contributed by atoms with Crippen LogP contribution >= 0.6 is 11.3 Å². The molecule has 0 saturated carbocycles. The van der Waals surface area contributed by atoms with Crippen molar-refractivity contribution in [3.63, 3.8) is 0 Å². The molecule has 0 fully saturated rings. The van der Waals surface area contributed by atoms with Crippen LogP contribution < -0.4 is 5.32 Å². The van der Waals surface area contributed by atoms with Crippen molar-refractivity contribution in [1.82, 2.24) is 15.5 Å². The number of aromatic nitrogens is 2. The minimum Gasteiger partial charge on any atom is -0.453 e. The van der Waals surface area contributed by atoms with Crippen molar-refractivity contribution in [2.75, 3.05) is 7.05 Å². The molecular weight excluding hydrogens is 258 g/mol. The number of nitrogens with one attached hydrogen (secondary N) is 1. The van der Waals surface area contributed by atoms with Gasteiger partial charge in [-0.2, -0.15) is 0 Å². The predicted molar refractivity (Wildman–Crippen MR) is 77.3 cm³/mol. The van der Waals surface area contributed by atoms with Gasteiger partial charge in [0.1, 0.15) is 10.6 Å². The Balaban J connectivity index is 2.01. The summed E-state index contributed by atoms with van der Waals surface area (Å²) < 4.78 is 5.82. The van der Waals surface area contributed by atoms with Gasteiger partial charge in [0, 0.05) is 5.39 Å². The average molecular weight is 273 g/mol. The maximum Gasteiger partial charge on any atom is 0.183 e. The molecule has 3 rings (SSSR count). The van der Waals surface area contributed by atoms with E-state index >= 15 is 0 Å². The normalized spacial score (nSPS) is 13.0. The molecule has 0 aliphatic carbocycles. The van der Waals surface area contributed by atoms with Gasteiger partial charge in [-0.25, -0.2) is 0 Å². The van der Waals surface area contributed by atoms with E-state index in [0.717, 1.165) is 26.7 Å². The summed E-state index contributed by atoms with van der Waals surface area (Å²) in [5, 5.41) is 14.5. The van der Waals surface area contributed by atoms with Crippen LogP contribution in [0.5, 0.6) is 0 Å². The number of fused-ring (bicyclic) bond motifs is 1. The highest BCUT2D eigenvalue weighted by atomic mass is 32.1. The van der Waals surface area contributed by atoms with E-state index in [1.54, 1.807) is 11.3 Å². The molecule has 1 N–H and O–H groups in total. The molecule has 0 spiro atoms. The minimum absolute atomic E-state index is 0.206. The Morgan fingerprint density at radius 3 is 2.89 bits per heavy atom. The Labute approximate surface area is 115 Å². The highest BCUT2D eigenvalue weighted by molar-refractivity contribution is 7.14. The molecule has 1 unspecified atom stereocenters. The fraction of sp³-hybridized carbons (Fsp3) is 0.286. The molecule has 0 radical (unpaired) electrons. The molecule has 2 heterocycles. The zero-order valence-corrected chi connectivity index (χ0v) is 11.9. The number of nitrogens with zero attached hydrogens (tertiary/aromatic N) is 2. The van der Waals surface area contributed by atoms with Gasteiger partial charge in [0.15, 0.2) is 10.8 Å². The molecular formula is C14H15N3OS. The summed E-state index contributed by atoms with van der Waals surface area (Å²) in [7, 11) is 1.91. The third kappa shape index (κ3) is 2.27. The van der Waals surface area contributed by atoms with E-state index in [9.17, 15) is 0 Å². The monoisotopic (exact) mass is 273 g/mol. The standard InChI is InChI=1S/C14H15N3OS/c1-8-4-5-11-10(6-8)7-12(18-11)14-17-16-13(19-14)9(2)15-3/h4-7,9,15H,1-3H3. The van der Waals surface area contributed by atoms with Crippen molar-refractivity contribution >= 4 is 22.3 Å². The van der Waals surface area contributed by atoms with Gasteiger partial charge in [0.05, 0.1) is 6.04 Å². The van der Waals surface area contributed by atoms with Gasteiger partial charge in [-0.3, -0.25) is 0 Å². The topological polar surface area (TPSA) is 51.0 Å². The summed E-state index contributed by atoms with van der Waals surface area (Å²) >= 11 is 1.56. The third-order valence-corrected chi connectivity index (χ3v) is 4.25. The first-order valence-corrected chi connectivity index (χ1v) is 7.00. The SMILES string of the molecule is CNC(C)c1nnc(-c2cc3cc(C)ccc3o2)s1. The first-order valence-electron chi connectivity index (χ1n) is 6.18. The molecule has 0 bridgehead atoms.